The van der Waals surface area contributed by atoms with E-state index < -0.39 is 0 Å². The summed E-state index contributed by atoms with van der Waals surface area (Å²) in [7, 11) is 0. The first-order valence-electron chi connectivity index (χ1n) is 7.79. The Hall–Kier alpha value is -2.79. The molecule has 0 saturated carbocycles. The summed E-state index contributed by atoms with van der Waals surface area (Å²) in [5.41, 5.74) is 2.64. The maximum Gasteiger partial charge on any atom is 0.319 e. The number of carbonyl (C=O) groups is 1. The van der Waals surface area contributed by atoms with Crippen LogP contribution in [-0.4, -0.2) is 10.6 Å². The van der Waals surface area contributed by atoms with Crippen molar-refractivity contribution in [2.24, 2.45) is 0 Å². The van der Waals surface area contributed by atoms with Gasteiger partial charge in [-0.1, -0.05) is 23.7 Å². The van der Waals surface area contributed by atoms with Gasteiger partial charge in [0.2, 0.25) is 0 Å². The second-order valence-corrected chi connectivity index (χ2v) is 6.00. The molecule has 1 aromatic heterocycles. The quantitative estimate of drug-likeness (QED) is 0.686. The van der Waals surface area contributed by atoms with Crippen molar-refractivity contribution in [2.75, 3.05) is 5.32 Å². The Bertz CT molecular complexity index is 844. The molecule has 128 valence electrons. The Balaban J connectivity index is 1.56. The number of aromatic nitrogens is 1. The Morgan fingerprint density at radius 3 is 2.48 bits per heavy atom. The van der Waals surface area contributed by atoms with Gasteiger partial charge in [0, 0.05) is 29.1 Å². The largest absolute Gasteiger partial charge is 0.345 e. The van der Waals surface area contributed by atoms with E-state index in [1.165, 1.54) is 24.3 Å². The third kappa shape index (κ3) is 4.84. The first-order chi connectivity index (χ1) is 12.1. The fourth-order valence-electron chi connectivity index (χ4n) is 2.43. The minimum absolute atomic E-state index is 0.342. The van der Waals surface area contributed by atoms with Crippen molar-refractivity contribution in [2.45, 2.75) is 13.1 Å². The minimum Gasteiger partial charge on any atom is -0.345 e. The predicted molar refractivity (Wildman–Crippen MR) is 97.2 cm³/mol. The number of hydrogen-bond acceptors (Lipinski definition) is 1. The summed E-state index contributed by atoms with van der Waals surface area (Å²) in [5, 5.41) is 6.17. The van der Waals surface area contributed by atoms with Gasteiger partial charge < -0.3 is 15.2 Å². The maximum absolute atomic E-state index is 12.9. The number of halogens is 2. The molecule has 0 unspecified atom stereocenters. The second kappa shape index (κ2) is 7.85. The van der Waals surface area contributed by atoms with Gasteiger partial charge >= 0.3 is 6.03 Å². The van der Waals surface area contributed by atoms with E-state index in [4.69, 9.17) is 11.6 Å². The van der Waals surface area contributed by atoms with E-state index in [2.05, 4.69) is 15.2 Å². The van der Waals surface area contributed by atoms with Crippen LogP contribution >= 0.6 is 11.6 Å². The number of amides is 2. The lowest BCUT2D eigenvalue weighted by molar-refractivity contribution is 0.251. The van der Waals surface area contributed by atoms with Gasteiger partial charge in [-0.3, -0.25) is 0 Å². The van der Waals surface area contributed by atoms with Crippen molar-refractivity contribution in [3.63, 3.8) is 0 Å². The van der Waals surface area contributed by atoms with Gasteiger partial charge in [0.25, 0.3) is 0 Å². The standard InChI is InChI=1S/C19H17ClFN3O/c20-15-5-3-14(4-6-15)13-24-11-1-2-18(24)12-22-19(25)23-17-9-7-16(21)8-10-17/h1-11H,12-13H2,(H2,22,23,25). The number of rotatable bonds is 5. The summed E-state index contributed by atoms with van der Waals surface area (Å²) in [4.78, 5) is 12.0. The lowest BCUT2D eigenvalue weighted by Gasteiger charge is -2.11. The summed E-state index contributed by atoms with van der Waals surface area (Å²) in [6.07, 6.45) is 1.96. The van der Waals surface area contributed by atoms with E-state index in [0.29, 0.717) is 23.8 Å². The normalized spacial score (nSPS) is 10.5. The van der Waals surface area contributed by atoms with Crippen molar-refractivity contribution < 1.29 is 9.18 Å². The number of nitrogens with one attached hydrogen (secondary N) is 2. The number of nitrogens with zero attached hydrogens (tertiary/aromatic N) is 1. The van der Waals surface area contributed by atoms with Gasteiger partial charge in [0.15, 0.2) is 0 Å². The molecule has 4 nitrogen and oxygen atoms in total. The van der Waals surface area contributed by atoms with E-state index in [0.717, 1.165) is 11.3 Å². The fraction of sp³-hybridized carbons (Fsp3) is 0.105. The Morgan fingerprint density at radius 2 is 1.76 bits per heavy atom. The first kappa shape index (κ1) is 17.0. The maximum atomic E-state index is 12.9. The molecule has 0 aliphatic carbocycles. The molecule has 25 heavy (non-hydrogen) atoms. The van der Waals surface area contributed by atoms with Crippen LogP contribution in [0.4, 0.5) is 14.9 Å². The van der Waals surface area contributed by atoms with Crippen LogP contribution in [0.3, 0.4) is 0 Å². The Labute approximate surface area is 150 Å². The molecule has 0 bridgehead atoms. The van der Waals surface area contributed by atoms with Gasteiger partial charge in [0.1, 0.15) is 5.82 Å². The molecule has 0 spiro atoms. The molecular weight excluding hydrogens is 341 g/mol. The highest BCUT2D eigenvalue weighted by atomic mass is 35.5. The predicted octanol–water partition coefficient (Wildman–Crippen LogP) is 4.65. The highest BCUT2D eigenvalue weighted by molar-refractivity contribution is 6.30. The Kier molecular flexibility index (Phi) is 5.36. The molecule has 0 atom stereocenters. The summed E-state index contributed by atoms with van der Waals surface area (Å²) in [5.74, 6) is -0.342. The summed E-state index contributed by atoms with van der Waals surface area (Å²) >= 11 is 5.90. The zero-order chi connectivity index (χ0) is 17.6. The van der Waals surface area contributed by atoms with E-state index in [9.17, 15) is 9.18 Å². The topological polar surface area (TPSA) is 46.1 Å². The summed E-state index contributed by atoms with van der Waals surface area (Å²) in [6, 6.07) is 16.8. The van der Waals surface area contributed by atoms with Crippen molar-refractivity contribution >= 4 is 23.3 Å². The molecule has 0 aliphatic heterocycles. The van der Waals surface area contributed by atoms with Crippen molar-refractivity contribution in [3.8, 4) is 0 Å². The zero-order valence-corrected chi connectivity index (χ0v) is 14.1. The van der Waals surface area contributed by atoms with Gasteiger partial charge in [-0.05, 0) is 54.1 Å². The van der Waals surface area contributed by atoms with Crippen LogP contribution in [0.15, 0.2) is 66.9 Å². The highest BCUT2D eigenvalue weighted by Crippen LogP contribution is 2.13. The molecule has 0 fully saturated rings. The summed E-state index contributed by atoms with van der Waals surface area (Å²) < 4.78 is 14.9. The average molecular weight is 358 g/mol. The van der Waals surface area contributed by atoms with E-state index in [1.807, 2.05) is 42.6 Å². The second-order valence-electron chi connectivity index (χ2n) is 5.57. The number of carbonyl (C=O) groups excluding carboxylic acids is 1. The van der Waals surface area contributed by atoms with E-state index in [1.54, 1.807) is 0 Å². The van der Waals surface area contributed by atoms with Gasteiger partial charge in [-0.25, -0.2) is 9.18 Å². The number of urea groups is 1. The van der Waals surface area contributed by atoms with Crippen molar-refractivity contribution in [3.05, 3.63) is 89.0 Å². The lowest BCUT2D eigenvalue weighted by atomic mass is 10.2. The molecular formula is C19H17ClFN3O. The zero-order valence-electron chi connectivity index (χ0n) is 13.4. The molecule has 3 aromatic rings. The third-order valence-electron chi connectivity index (χ3n) is 3.72. The molecule has 0 aliphatic rings. The van der Waals surface area contributed by atoms with Crippen molar-refractivity contribution in [1.29, 1.82) is 0 Å². The molecule has 0 radical (unpaired) electrons. The number of benzene rings is 2. The van der Waals surface area contributed by atoms with Crippen LogP contribution in [0, 0.1) is 5.82 Å². The van der Waals surface area contributed by atoms with Gasteiger partial charge in [-0.2, -0.15) is 0 Å². The van der Waals surface area contributed by atoms with Crippen LogP contribution in [0.25, 0.3) is 0 Å². The van der Waals surface area contributed by atoms with Crippen LogP contribution in [0.1, 0.15) is 11.3 Å². The van der Waals surface area contributed by atoms with Crippen LogP contribution in [0.2, 0.25) is 5.02 Å². The molecule has 1 heterocycles. The smallest absolute Gasteiger partial charge is 0.319 e. The highest BCUT2D eigenvalue weighted by Gasteiger charge is 2.06. The van der Waals surface area contributed by atoms with Crippen LogP contribution in [0.5, 0.6) is 0 Å². The molecule has 2 aromatic carbocycles. The van der Waals surface area contributed by atoms with E-state index >= 15 is 0 Å². The molecule has 2 N–H and O–H groups in total. The van der Waals surface area contributed by atoms with Gasteiger partial charge in [-0.15, -0.1) is 0 Å². The SMILES string of the molecule is O=C(NCc1cccn1Cc1ccc(Cl)cc1)Nc1ccc(F)cc1. The lowest BCUT2D eigenvalue weighted by Crippen LogP contribution is -2.29. The van der Waals surface area contributed by atoms with Crippen molar-refractivity contribution in [1.82, 2.24) is 9.88 Å². The monoisotopic (exact) mass is 357 g/mol. The van der Waals surface area contributed by atoms with Crippen LogP contribution in [-0.2, 0) is 13.1 Å². The van der Waals surface area contributed by atoms with E-state index in [-0.39, 0.29) is 11.8 Å². The summed E-state index contributed by atoms with van der Waals surface area (Å²) in [6.45, 7) is 1.08. The molecule has 6 heteroatoms. The van der Waals surface area contributed by atoms with Gasteiger partial charge in [0.05, 0.1) is 6.54 Å². The average Bonchev–Trinajstić information content (AvgIpc) is 3.04. The molecule has 0 saturated heterocycles. The minimum atomic E-state index is -0.342. The number of hydrogen-bond donors (Lipinski definition) is 2. The Morgan fingerprint density at radius 1 is 1.04 bits per heavy atom. The fourth-order valence-corrected chi connectivity index (χ4v) is 2.56. The molecule has 2 amide bonds. The first-order valence-corrected chi connectivity index (χ1v) is 8.17. The van der Waals surface area contributed by atoms with Crippen LogP contribution < -0.4 is 10.6 Å². The molecule has 3 rings (SSSR count). The number of anilines is 1. The third-order valence-corrected chi connectivity index (χ3v) is 3.97.